The van der Waals surface area contributed by atoms with Gasteiger partial charge in [0, 0.05) is 25.2 Å². The van der Waals surface area contributed by atoms with E-state index in [1.54, 1.807) is 0 Å². The molecule has 104 valence electrons. The summed E-state index contributed by atoms with van der Waals surface area (Å²) in [7, 11) is 2.10. The van der Waals surface area contributed by atoms with Crippen LogP contribution in [0.25, 0.3) is 0 Å². The predicted molar refractivity (Wildman–Crippen MR) is 55.7 cm³/mol. The van der Waals surface area contributed by atoms with Crippen molar-refractivity contribution in [3.63, 3.8) is 0 Å². The van der Waals surface area contributed by atoms with Crippen LogP contribution in [0.4, 0.5) is 0 Å². The maximum atomic E-state index is 10.9. The van der Waals surface area contributed by atoms with Gasteiger partial charge in [0.15, 0.2) is 0 Å². The van der Waals surface area contributed by atoms with Gasteiger partial charge in [0.1, 0.15) is 0 Å². The topological polar surface area (TPSA) is 145 Å². The van der Waals surface area contributed by atoms with E-state index in [4.69, 9.17) is 9.47 Å². The summed E-state index contributed by atoms with van der Waals surface area (Å²) in [4.78, 5) is 30.6. The first kappa shape index (κ1) is 19.3. The number of aliphatic carboxylic acids is 1. The SMILES string of the molecule is COC1(OC)C=C([N+](=O)[O-])C(C(=O)[O-])=C[C@H]1[N+](=O)[O-].[K+]. The van der Waals surface area contributed by atoms with Crippen LogP contribution in [-0.4, -0.2) is 41.9 Å². The van der Waals surface area contributed by atoms with Crippen molar-refractivity contribution in [1.29, 1.82) is 0 Å². The maximum Gasteiger partial charge on any atom is 1.00 e. The Morgan fingerprint density at radius 2 is 1.80 bits per heavy atom. The zero-order valence-corrected chi connectivity index (χ0v) is 14.0. The molecule has 0 bridgehead atoms. The van der Waals surface area contributed by atoms with Crippen molar-refractivity contribution in [3.8, 4) is 0 Å². The molecule has 11 heteroatoms. The van der Waals surface area contributed by atoms with Gasteiger partial charge in [0.25, 0.3) is 17.5 Å². The fourth-order valence-corrected chi connectivity index (χ4v) is 1.69. The van der Waals surface area contributed by atoms with Crippen molar-refractivity contribution in [2.75, 3.05) is 14.2 Å². The van der Waals surface area contributed by atoms with Gasteiger partial charge in [0.05, 0.1) is 22.5 Å². The number of carboxylic acids is 1. The molecular weight excluding hydrogens is 303 g/mol. The summed E-state index contributed by atoms with van der Waals surface area (Å²) in [6, 6.07) is -1.75. The predicted octanol–water partition coefficient (Wildman–Crippen LogP) is -4.52. The molecule has 0 aromatic heterocycles. The zero-order valence-electron chi connectivity index (χ0n) is 10.9. The molecule has 0 aromatic carbocycles. The zero-order chi connectivity index (χ0) is 14.8. The molecule has 0 radical (unpaired) electrons. The van der Waals surface area contributed by atoms with Crippen LogP contribution in [-0.2, 0) is 14.3 Å². The number of carboxylic acid groups (broad SMARTS) is 1. The Bertz CT molecular complexity index is 496. The van der Waals surface area contributed by atoms with Crippen LogP contribution in [0.5, 0.6) is 0 Å². The number of carbonyl (C=O) groups excluding carboxylic acids is 1. The van der Waals surface area contributed by atoms with Crippen LogP contribution < -0.4 is 56.5 Å². The van der Waals surface area contributed by atoms with E-state index in [-0.39, 0.29) is 51.4 Å². The fourth-order valence-electron chi connectivity index (χ4n) is 1.69. The summed E-state index contributed by atoms with van der Waals surface area (Å²) in [5, 5.41) is 32.5. The van der Waals surface area contributed by atoms with Gasteiger partial charge >= 0.3 is 51.4 Å². The Morgan fingerprint density at radius 1 is 1.30 bits per heavy atom. The molecule has 1 aliphatic rings. The van der Waals surface area contributed by atoms with Crippen LogP contribution in [0.3, 0.4) is 0 Å². The third kappa shape index (κ3) is 3.49. The summed E-state index contributed by atoms with van der Waals surface area (Å²) >= 11 is 0. The second-order valence-electron chi connectivity index (χ2n) is 3.51. The molecule has 0 saturated carbocycles. The molecule has 0 unspecified atom stereocenters. The van der Waals surface area contributed by atoms with E-state index in [9.17, 15) is 30.1 Å². The first-order valence-corrected chi connectivity index (χ1v) is 4.83. The van der Waals surface area contributed by atoms with Gasteiger partial charge in [0.2, 0.25) is 0 Å². The van der Waals surface area contributed by atoms with Crippen LogP contribution in [0, 0.1) is 20.2 Å². The fraction of sp³-hybridized carbons (Fsp3) is 0.444. The third-order valence-corrected chi connectivity index (χ3v) is 2.63. The molecule has 0 amide bonds. The van der Waals surface area contributed by atoms with Gasteiger partial charge in [-0.05, 0) is 0 Å². The first-order valence-electron chi connectivity index (χ1n) is 4.83. The molecule has 0 N–H and O–H groups in total. The molecule has 0 aromatic rings. The Kier molecular flexibility index (Phi) is 7.10. The average molecular weight is 312 g/mol. The maximum absolute atomic E-state index is 10.9. The minimum atomic E-state index is -2.05. The van der Waals surface area contributed by atoms with Gasteiger partial charge < -0.3 is 19.4 Å². The number of carbonyl (C=O) groups is 1. The largest absolute Gasteiger partial charge is 1.00 e. The van der Waals surface area contributed by atoms with E-state index in [2.05, 4.69) is 0 Å². The molecule has 20 heavy (non-hydrogen) atoms. The first-order chi connectivity index (χ1) is 8.79. The normalized spacial score (nSPS) is 20.2. The second-order valence-corrected chi connectivity index (χ2v) is 3.51. The standard InChI is InChI=1S/C9H10N2O8.K/c1-18-9(19-2)4-6(10(14)15)5(8(12)13)3-7(9)11(16)17;/h3-4,7H,1-2H3,(H,12,13);/q;+1/p-1/t7-;/m1./s1. The van der Waals surface area contributed by atoms with E-state index in [0.29, 0.717) is 12.2 Å². The van der Waals surface area contributed by atoms with Crippen LogP contribution >= 0.6 is 0 Å². The molecule has 10 nitrogen and oxygen atoms in total. The van der Waals surface area contributed by atoms with Gasteiger partial charge in [-0.15, -0.1) is 0 Å². The molecule has 0 fully saturated rings. The second kappa shape index (κ2) is 7.35. The Balaban J connectivity index is 0.00000361. The molecule has 1 aliphatic carbocycles. The van der Waals surface area contributed by atoms with Gasteiger partial charge in [-0.2, -0.15) is 0 Å². The van der Waals surface area contributed by atoms with E-state index in [1.807, 2.05) is 0 Å². The Morgan fingerprint density at radius 3 is 2.10 bits per heavy atom. The average Bonchev–Trinajstić information content (AvgIpc) is 2.36. The summed E-state index contributed by atoms with van der Waals surface area (Å²) in [5.41, 5.74) is -1.78. The summed E-state index contributed by atoms with van der Waals surface area (Å²) in [5.74, 6) is -3.94. The van der Waals surface area contributed by atoms with Crippen molar-refractivity contribution in [2.45, 2.75) is 11.8 Å². The summed E-state index contributed by atoms with van der Waals surface area (Å²) in [6.07, 6.45) is 1.21. The molecule has 0 saturated heterocycles. The quantitative estimate of drug-likeness (QED) is 0.214. The Labute approximate surface area is 155 Å². The molecule has 0 aliphatic heterocycles. The number of hydrogen-bond acceptors (Lipinski definition) is 8. The van der Waals surface area contributed by atoms with E-state index >= 15 is 0 Å². The summed E-state index contributed by atoms with van der Waals surface area (Å²) < 4.78 is 9.62. The molecule has 1 atom stereocenters. The number of rotatable bonds is 5. The molecule has 0 heterocycles. The number of hydrogen-bond donors (Lipinski definition) is 0. The molecule has 0 spiro atoms. The van der Waals surface area contributed by atoms with Crippen LogP contribution in [0.15, 0.2) is 23.4 Å². The summed E-state index contributed by atoms with van der Waals surface area (Å²) in [6.45, 7) is 0. The van der Waals surface area contributed by atoms with E-state index < -0.39 is 38.9 Å². The smallest absolute Gasteiger partial charge is 0.545 e. The number of ether oxygens (including phenoxy) is 2. The van der Waals surface area contributed by atoms with Gasteiger partial charge in [-0.1, -0.05) is 0 Å². The number of nitro groups is 2. The minimum Gasteiger partial charge on any atom is -0.545 e. The molecule has 1 rings (SSSR count). The number of nitrogens with zero attached hydrogens (tertiary/aromatic N) is 2. The van der Waals surface area contributed by atoms with E-state index in [0.717, 1.165) is 14.2 Å². The van der Waals surface area contributed by atoms with Gasteiger partial charge in [-0.25, -0.2) is 0 Å². The Hall–Kier alpha value is -0.694. The van der Waals surface area contributed by atoms with Crippen molar-refractivity contribution in [2.24, 2.45) is 0 Å². The van der Waals surface area contributed by atoms with Crippen LogP contribution in [0.1, 0.15) is 0 Å². The minimum absolute atomic E-state index is 0. The van der Waals surface area contributed by atoms with Crippen molar-refractivity contribution < 1.29 is 80.6 Å². The van der Waals surface area contributed by atoms with E-state index in [1.165, 1.54) is 0 Å². The van der Waals surface area contributed by atoms with Gasteiger partial charge in [-0.3, -0.25) is 20.2 Å². The third-order valence-electron chi connectivity index (χ3n) is 2.63. The van der Waals surface area contributed by atoms with Crippen molar-refractivity contribution in [1.82, 2.24) is 0 Å². The van der Waals surface area contributed by atoms with Crippen LogP contribution in [0.2, 0.25) is 0 Å². The number of methoxy groups -OCH3 is 2. The monoisotopic (exact) mass is 312 g/mol. The van der Waals surface area contributed by atoms with Crippen molar-refractivity contribution in [3.05, 3.63) is 43.7 Å². The van der Waals surface area contributed by atoms with Crippen molar-refractivity contribution >= 4 is 5.97 Å². The molecular formula is C9H9KN2O8.